The minimum absolute atomic E-state index is 0.603. The molecule has 110 valence electrons. The van der Waals surface area contributed by atoms with Crippen molar-refractivity contribution in [3.05, 3.63) is 0 Å². The van der Waals surface area contributed by atoms with Gasteiger partial charge < -0.3 is 20.5 Å². The van der Waals surface area contributed by atoms with Crippen LogP contribution in [-0.2, 0) is 14.3 Å². The van der Waals surface area contributed by atoms with Crippen LogP contribution in [0.2, 0.25) is 0 Å². The first kappa shape index (κ1) is 17.2. The standard InChI is InChI=1S/C12H22N2O5/c1-7(8(15)16)13-9(17)12(5,6)14-10(18)19-11(2,3)4/h7H,1-6H3,(H,13,17)(H,14,18)(H,15,16). The molecule has 0 fully saturated rings. The minimum Gasteiger partial charge on any atom is -0.480 e. The van der Waals surface area contributed by atoms with Gasteiger partial charge in [0.1, 0.15) is 17.2 Å². The molecule has 7 heteroatoms. The highest BCUT2D eigenvalue weighted by Gasteiger charge is 2.33. The van der Waals surface area contributed by atoms with Gasteiger partial charge in [-0.2, -0.15) is 0 Å². The van der Waals surface area contributed by atoms with Gasteiger partial charge in [0.2, 0.25) is 5.91 Å². The number of hydrogen-bond acceptors (Lipinski definition) is 4. The molecule has 0 aromatic carbocycles. The van der Waals surface area contributed by atoms with Crippen molar-refractivity contribution in [2.45, 2.75) is 58.7 Å². The second-order valence-corrected chi connectivity index (χ2v) is 5.79. The van der Waals surface area contributed by atoms with Crippen LogP contribution in [0.5, 0.6) is 0 Å². The number of aliphatic carboxylic acids is 1. The van der Waals surface area contributed by atoms with Crippen molar-refractivity contribution in [2.24, 2.45) is 0 Å². The lowest BCUT2D eigenvalue weighted by Crippen LogP contribution is -2.57. The summed E-state index contributed by atoms with van der Waals surface area (Å²) in [7, 11) is 0. The van der Waals surface area contributed by atoms with E-state index in [1.807, 2.05) is 0 Å². The van der Waals surface area contributed by atoms with Crippen molar-refractivity contribution in [3.63, 3.8) is 0 Å². The van der Waals surface area contributed by atoms with E-state index in [9.17, 15) is 14.4 Å². The van der Waals surface area contributed by atoms with E-state index in [-0.39, 0.29) is 0 Å². The predicted octanol–water partition coefficient (Wildman–Crippen LogP) is 0.879. The number of amides is 2. The van der Waals surface area contributed by atoms with Crippen LogP contribution in [0.1, 0.15) is 41.5 Å². The van der Waals surface area contributed by atoms with Crippen molar-refractivity contribution in [2.75, 3.05) is 0 Å². The first-order chi connectivity index (χ1) is 8.35. The van der Waals surface area contributed by atoms with Crippen LogP contribution in [-0.4, -0.2) is 40.3 Å². The summed E-state index contributed by atoms with van der Waals surface area (Å²) in [5, 5.41) is 13.4. The Morgan fingerprint density at radius 3 is 1.95 bits per heavy atom. The fraction of sp³-hybridized carbons (Fsp3) is 0.750. The van der Waals surface area contributed by atoms with Crippen molar-refractivity contribution >= 4 is 18.0 Å². The Morgan fingerprint density at radius 1 is 1.11 bits per heavy atom. The maximum absolute atomic E-state index is 11.8. The Labute approximate surface area is 112 Å². The van der Waals surface area contributed by atoms with Gasteiger partial charge in [0.25, 0.3) is 0 Å². The lowest BCUT2D eigenvalue weighted by atomic mass is 10.0. The van der Waals surface area contributed by atoms with Crippen LogP contribution in [0.15, 0.2) is 0 Å². The summed E-state index contributed by atoms with van der Waals surface area (Å²) >= 11 is 0. The molecule has 0 saturated heterocycles. The molecule has 1 unspecified atom stereocenters. The topological polar surface area (TPSA) is 105 Å². The van der Waals surface area contributed by atoms with E-state index in [4.69, 9.17) is 9.84 Å². The molecule has 1 atom stereocenters. The summed E-state index contributed by atoms with van der Waals surface area (Å²) in [5.41, 5.74) is -1.95. The number of carboxylic acid groups (broad SMARTS) is 1. The van der Waals surface area contributed by atoms with E-state index < -0.39 is 35.2 Å². The van der Waals surface area contributed by atoms with Crippen molar-refractivity contribution in [1.82, 2.24) is 10.6 Å². The fourth-order valence-electron chi connectivity index (χ4n) is 1.05. The van der Waals surface area contributed by atoms with Crippen molar-refractivity contribution in [1.29, 1.82) is 0 Å². The molecule has 7 nitrogen and oxygen atoms in total. The number of rotatable bonds is 4. The number of carboxylic acids is 1. The molecule has 0 aliphatic rings. The van der Waals surface area contributed by atoms with Gasteiger partial charge in [-0.15, -0.1) is 0 Å². The lowest BCUT2D eigenvalue weighted by molar-refractivity contribution is -0.142. The molecular formula is C12H22N2O5. The first-order valence-electron chi connectivity index (χ1n) is 5.90. The highest BCUT2D eigenvalue weighted by molar-refractivity contribution is 5.91. The number of nitrogens with one attached hydrogen (secondary N) is 2. The molecule has 0 spiro atoms. The molecule has 0 rings (SSSR count). The third kappa shape index (κ3) is 6.64. The average Bonchev–Trinajstić information content (AvgIpc) is 2.12. The molecular weight excluding hydrogens is 252 g/mol. The van der Waals surface area contributed by atoms with E-state index in [1.54, 1.807) is 20.8 Å². The second kappa shape index (κ2) is 5.90. The average molecular weight is 274 g/mol. The highest BCUT2D eigenvalue weighted by atomic mass is 16.6. The van der Waals surface area contributed by atoms with E-state index in [0.717, 1.165) is 0 Å². The molecule has 0 saturated carbocycles. The number of carbonyl (C=O) groups is 3. The van der Waals surface area contributed by atoms with E-state index in [2.05, 4.69) is 10.6 Å². The molecule has 0 bridgehead atoms. The summed E-state index contributed by atoms with van der Waals surface area (Å²) in [6.45, 7) is 9.36. The Morgan fingerprint density at radius 2 is 1.58 bits per heavy atom. The van der Waals surface area contributed by atoms with Gasteiger partial charge in [0.15, 0.2) is 0 Å². The number of ether oxygens (including phenoxy) is 1. The van der Waals surface area contributed by atoms with Crippen molar-refractivity contribution < 1.29 is 24.2 Å². The van der Waals surface area contributed by atoms with Gasteiger partial charge in [-0.1, -0.05) is 0 Å². The third-order valence-electron chi connectivity index (χ3n) is 2.10. The zero-order chi connectivity index (χ0) is 15.4. The fourth-order valence-corrected chi connectivity index (χ4v) is 1.05. The summed E-state index contributed by atoms with van der Waals surface area (Å²) in [5.74, 6) is -1.75. The van der Waals surface area contributed by atoms with Crippen molar-refractivity contribution in [3.8, 4) is 0 Å². The Kier molecular flexibility index (Phi) is 5.34. The summed E-state index contributed by atoms with van der Waals surface area (Å²) < 4.78 is 5.03. The molecule has 0 aromatic rings. The molecule has 0 heterocycles. The molecule has 19 heavy (non-hydrogen) atoms. The summed E-state index contributed by atoms with van der Waals surface area (Å²) in [6, 6.07) is -1.03. The quantitative estimate of drug-likeness (QED) is 0.705. The van der Waals surface area contributed by atoms with Crippen LogP contribution < -0.4 is 10.6 Å². The van der Waals surface area contributed by atoms with Gasteiger partial charge in [-0.05, 0) is 41.5 Å². The maximum Gasteiger partial charge on any atom is 0.408 e. The summed E-state index contributed by atoms with van der Waals surface area (Å²) in [6.07, 6.45) is -0.740. The summed E-state index contributed by atoms with van der Waals surface area (Å²) in [4.78, 5) is 34.0. The normalized spacial score (nSPS) is 13.4. The largest absolute Gasteiger partial charge is 0.480 e. The Balaban J connectivity index is 4.57. The SMILES string of the molecule is CC(NC(=O)C(C)(C)NC(=O)OC(C)(C)C)C(=O)O. The van der Waals surface area contributed by atoms with Crippen LogP contribution in [0.3, 0.4) is 0 Å². The Bertz CT molecular complexity index is 371. The van der Waals surface area contributed by atoms with Crippen LogP contribution in [0, 0.1) is 0 Å². The third-order valence-corrected chi connectivity index (χ3v) is 2.10. The molecule has 0 aromatic heterocycles. The van der Waals surface area contributed by atoms with Gasteiger partial charge in [0.05, 0.1) is 0 Å². The van der Waals surface area contributed by atoms with Gasteiger partial charge in [-0.3, -0.25) is 9.59 Å². The van der Waals surface area contributed by atoms with Gasteiger partial charge in [0, 0.05) is 0 Å². The molecule has 3 N–H and O–H groups in total. The maximum atomic E-state index is 11.8. The minimum atomic E-state index is -1.27. The van der Waals surface area contributed by atoms with Gasteiger partial charge >= 0.3 is 12.1 Å². The number of hydrogen-bond donors (Lipinski definition) is 3. The van der Waals surface area contributed by atoms with E-state index in [1.165, 1.54) is 20.8 Å². The van der Waals surface area contributed by atoms with E-state index >= 15 is 0 Å². The lowest BCUT2D eigenvalue weighted by Gasteiger charge is -2.28. The van der Waals surface area contributed by atoms with E-state index in [0.29, 0.717) is 0 Å². The van der Waals surface area contributed by atoms with Crippen LogP contribution >= 0.6 is 0 Å². The van der Waals surface area contributed by atoms with Crippen LogP contribution in [0.25, 0.3) is 0 Å². The first-order valence-corrected chi connectivity index (χ1v) is 5.90. The van der Waals surface area contributed by atoms with Gasteiger partial charge in [-0.25, -0.2) is 4.79 Å². The Hall–Kier alpha value is -1.79. The zero-order valence-electron chi connectivity index (χ0n) is 12.2. The predicted molar refractivity (Wildman–Crippen MR) is 68.7 cm³/mol. The molecule has 0 aliphatic carbocycles. The molecule has 0 radical (unpaired) electrons. The molecule has 0 aliphatic heterocycles. The zero-order valence-corrected chi connectivity index (χ0v) is 12.2. The smallest absolute Gasteiger partial charge is 0.408 e. The number of carbonyl (C=O) groups excluding carboxylic acids is 2. The van der Waals surface area contributed by atoms with Crippen LogP contribution in [0.4, 0.5) is 4.79 Å². The second-order valence-electron chi connectivity index (χ2n) is 5.79. The molecule has 2 amide bonds. The number of alkyl carbamates (subject to hydrolysis) is 1. The highest BCUT2D eigenvalue weighted by Crippen LogP contribution is 2.09. The monoisotopic (exact) mass is 274 g/mol.